The predicted molar refractivity (Wildman–Crippen MR) is 93.6 cm³/mol. The van der Waals surface area contributed by atoms with Crippen LogP contribution in [0.25, 0.3) is 0 Å². The number of hydrogen-bond acceptors (Lipinski definition) is 2. The molecule has 5 nitrogen and oxygen atoms in total. The minimum atomic E-state index is -0.107. The number of urea groups is 1. The summed E-state index contributed by atoms with van der Waals surface area (Å²) in [6.45, 7) is 0.575. The van der Waals surface area contributed by atoms with Crippen molar-refractivity contribution in [2.45, 2.75) is 57.0 Å². The van der Waals surface area contributed by atoms with E-state index in [1.54, 1.807) is 7.05 Å². The van der Waals surface area contributed by atoms with Gasteiger partial charge in [-0.05, 0) is 55.6 Å². The maximum atomic E-state index is 12.2. The van der Waals surface area contributed by atoms with Crippen molar-refractivity contribution in [2.24, 2.45) is 5.92 Å². The van der Waals surface area contributed by atoms with Crippen LogP contribution in [-0.4, -0.2) is 25.0 Å². The molecule has 0 aliphatic heterocycles. The van der Waals surface area contributed by atoms with E-state index in [0.717, 1.165) is 25.7 Å². The topological polar surface area (TPSA) is 70.2 Å². The zero-order chi connectivity index (χ0) is 16.9. The van der Waals surface area contributed by atoms with Crippen molar-refractivity contribution in [3.8, 4) is 0 Å². The van der Waals surface area contributed by atoms with E-state index in [2.05, 4.69) is 34.1 Å². The van der Waals surface area contributed by atoms with Crippen molar-refractivity contribution in [3.05, 3.63) is 35.4 Å². The zero-order valence-electron chi connectivity index (χ0n) is 14.3. The zero-order valence-corrected chi connectivity index (χ0v) is 14.3. The van der Waals surface area contributed by atoms with Gasteiger partial charge in [0.1, 0.15) is 0 Å². The highest BCUT2D eigenvalue weighted by atomic mass is 16.2. The molecule has 0 unspecified atom stereocenters. The molecular weight excluding hydrogens is 302 g/mol. The number of nitrogens with one attached hydrogen (secondary N) is 3. The molecule has 24 heavy (non-hydrogen) atoms. The summed E-state index contributed by atoms with van der Waals surface area (Å²) < 4.78 is 0. The number of rotatable bonds is 5. The van der Waals surface area contributed by atoms with E-state index >= 15 is 0 Å². The Morgan fingerprint density at radius 1 is 1.04 bits per heavy atom. The summed E-state index contributed by atoms with van der Waals surface area (Å²) in [6, 6.07) is 8.44. The minimum Gasteiger partial charge on any atom is -0.359 e. The van der Waals surface area contributed by atoms with E-state index in [4.69, 9.17) is 0 Å². The van der Waals surface area contributed by atoms with Gasteiger partial charge in [0.25, 0.3) is 0 Å². The monoisotopic (exact) mass is 329 g/mol. The van der Waals surface area contributed by atoms with E-state index < -0.39 is 0 Å². The number of amides is 3. The van der Waals surface area contributed by atoms with Crippen molar-refractivity contribution in [3.63, 3.8) is 0 Å². The van der Waals surface area contributed by atoms with Gasteiger partial charge in [-0.25, -0.2) is 4.79 Å². The Morgan fingerprint density at radius 2 is 1.75 bits per heavy atom. The first-order valence-electron chi connectivity index (χ1n) is 9.01. The average molecular weight is 329 g/mol. The molecule has 130 valence electrons. The highest BCUT2D eigenvalue weighted by Crippen LogP contribution is 2.41. The maximum absolute atomic E-state index is 12.2. The van der Waals surface area contributed by atoms with Crippen molar-refractivity contribution in [1.82, 2.24) is 16.0 Å². The molecule has 0 spiro atoms. The SMILES string of the molecule is CNC(=O)C1CCC(NC(=O)NCc2ccccc2C2CC2)CC1. The lowest BCUT2D eigenvalue weighted by molar-refractivity contribution is -0.125. The Labute approximate surface area is 143 Å². The molecule has 2 fully saturated rings. The van der Waals surface area contributed by atoms with Crippen LogP contribution in [0.5, 0.6) is 0 Å². The lowest BCUT2D eigenvalue weighted by Crippen LogP contribution is -2.44. The van der Waals surface area contributed by atoms with E-state index in [-0.39, 0.29) is 23.9 Å². The van der Waals surface area contributed by atoms with Crippen LogP contribution in [0.3, 0.4) is 0 Å². The highest BCUT2D eigenvalue weighted by molar-refractivity contribution is 5.78. The smallest absolute Gasteiger partial charge is 0.315 e. The second kappa shape index (κ2) is 7.69. The van der Waals surface area contributed by atoms with Gasteiger partial charge >= 0.3 is 6.03 Å². The van der Waals surface area contributed by atoms with Gasteiger partial charge in [0.05, 0.1) is 0 Å². The largest absolute Gasteiger partial charge is 0.359 e. The van der Waals surface area contributed by atoms with Gasteiger partial charge < -0.3 is 16.0 Å². The summed E-state index contributed by atoms with van der Waals surface area (Å²) in [6.07, 6.45) is 5.94. The van der Waals surface area contributed by atoms with Crippen molar-refractivity contribution in [1.29, 1.82) is 0 Å². The molecular formula is C19H27N3O2. The number of carbonyl (C=O) groups excluding carboxylic acids is 2. The first-order valence-corrected chi connectivity index (χ1v) is 9.01. The third-order valence-electron chi connectivity index (χ3n) is 5.19. The lowest BCUT2D eigenvalue weighted by Gasteiger charge is -2.28. The van der Waals surface area contributed by atoms with Crippen LogP contribution in [0.15, 0.2) is 24.3 Å². The summed E-state index contributed by atoms with van der Waals surface area (Å²) in [7, 11) is 1.68. The molecule has 0 heterocycles. The molecule has 5 heteroatoms. The number of benzene rings is 1. The number of carbonyl (C=O) groups is 2. The van der Waals surface area contributed by atoms with Crippen molar-refractivity contribution in [2.75, 3.05) is 7.05 Å². The van der Waals surface area contributed by atoms with Gasteiger partial charge in [0, 0.05) is 25.6 Å². The molecule has 0 radical (unpaired) electrons. The van der Waals surface area contributed by atoms with Crippen LogP contribution in [0.4, 0.5) is 4.79 Å². The van der Waals surface area contributed by atoms with Gasteiger partial charge in [0.2, 0.25) is 5.91 Å². The second-order valence-corrected chi connectivity index (χ2v) is 6.96. The van der Waals surface area contributed by atoms with E-state index in [0.29, 0.717) is 12.5 Å². The second-order valence-electron chi connectivity index (χ2n) is 6.96. The van der Waals surface area contributed by atoms with Crippen molar-refractivity contribution >= 4 is 11.9 Å². The highest BCUT2D eigenvalue weighted by Gasteiger charge is 2.27. The van der Waals surface area contributed by atoms with Crippen LogP contribution in [0, 0.1) is 5.92 Å². The van der Waals surface area contributed by atoms with E-state index in [1.807, 2.05) is 6.07 Å². The molecule has 0 atom stereocenters. The molecule has 2 aliphatic rings. The van der Waals surface area contributed by atoms with Crippen LogP contribution < -0.4 is 16.0 Å². The fraction of sp³-hybridized carbons (Fsp3) is 0.579. The number of hydrogen-bond donors (Lipinski definition) is 3. The van der Waals surface area contributed by atoms with Crippen LogP contribution in [-0.2, 0) is 11.3 Å². The molecule has 1 aromatic rings. The molecule has 3 rings (SSSR count). The first kappa shape index (κ1) is 16.8. The molecule has 3 N–H and O–H groups in total. The van der Waals surface area contributed by atoms with Crippen molar-refractivity contribution < 1.29 is 9.59 Å². The molecule has 2 saturated carbocycles. The van der Waals surface area contributed by atoms with Crippen LogP contribution in [0.2, 0.25) is 0 Å². The maximum Gasteiger partial charge on any atom is 0.315 e. The quantitative estimate of drug-likeness (QED) is 0.777. The summed E-state index contributed by atoms with van der Waals surface area (Å²) in [5, 5.41) is 8.74. The minimum absolute atomic E-state index is 0.0986. The third-order valence-corrected chi connectivity index (χ3v) is 5.19. The van der Waals surface area contributed by atoms with E-state index in [1.165, 1.54) is 24.0 Å². The summed E-state index contributed by atoms with van der Waals surface area (Å²) in [5.41, 5.74) is 2.60. The Morgan fingerprint density at radius 3 is 2.42 bits per heavy atom. The molecule has 2 aliphatic carbocycles. The molecule has 1 aromatic carbocycles. The summed E-state index contributed by atoms with van der Waals surface area (Å²) in [5.74, 6) is 0.905. The summed E-state index contributed by atoms with van der Waals surface area (Å²) >= 11 is 0. The Hall–Kier alpha value is -2.04. The average Bonchev–Trinajstić information content (AvgIpc) is 3.45. The summed E-state index contributed by atoms with van der Waals surface area (Å²) in [4.78, 5) is 23.8. The van der Waals surface area contributed by atoms with E-state index in [9.17, 15) is 9.59 Å². The predicted octanol–water partition coefficient (Wildman–Crippen LogP) is 2.67. The van der Waals surface area contributed by atoms with Crippen LogP contribution in [0.1, 0.15) is 55.6 Å². The van der Waals surface area contributed by atoms with Gasteiger partial charge in [0.15, 0.2) is 0 Å². The Kier molecular flexibility index (Phi) is 5.38. The molecule has 0 aromatic heterocycles. The Balaban J connectivity index is 1.43. The lowest BCUT2D eigenvalue weighted by atomic mass is 9.85. The van der Waals surface area contributed by atoms with Gasteiger partial charge in [-0.2, -0.15) is 0 Å². The normalized spacial score (nSPS) is 23.4. The fourth-order valence-electron chi connectivity index (χ4n) is 3.60. The van der Waals surface area contributed by atoms with Gasteiger partial charge in [-0.15, -0.1) is 0 Å². The van der Waals surface area contributed by atoms with Crippen LogP contribution >= 0.6 is 0 Å². The standard InChI is InChI=1S/C19H27N3O2/c1-20-18(23)14-8-10-16(11-9-14)22-19(24)21-12-15-4-2-3-5-17(15)13-6-7-13/h2-5,13-14,16H,6-12H2,1H3,(H,20,23)(H2,21,22,24). The molecule has 0 bridgehead atoms. The van der Waals surface area contributed by atoms with Gasteiger partial charge in [-0.3, -0.25) is 4.79 Å². The fourth-order valence-corrected chi connectivity index (χ4v) is 3.60. The first-order chi connectivity index (χ1) is 11.7. The third kappa shape index (κ3) is 4.28. The van der Waals surface area contributed by atoms with Gasteiger partial charge in [-0.1, -0.05) is 24.3 Å². The Bertz CT molecular complexity index is 590. The molecule has 3 amide bonds. The molecule has 0 saturated heterocycles.